The van der Waals surface area contributed by atoms with Gasteiger partial charge in [0.1, 0.15) is 26.2 Å². The second kappa shape index (κ2) is 7.28. The van der Waals surface area contributed by atoms with Crippen LogP contribution in [0.5, 0.6) is 0 Å². The van der Waals surface area contributed by atoms with Crippen LogP contribution in [0.15, 0.2) is 32.3 Å². The summed E-state index contributed by atoms with van der Waals surface area (Å²) in [5, 5.41) is 0. The number of aryl methyl sites for hydroxylation is 1. The molecule has 0 radical (unpaired) electrons. The molecule has 9 heteroatoms. The van der Waals surface area contributed by atoms with E-state index in [1.165, 1.54) is 34.7 Å². The molecule has 138 valence electrons. The van der Waals surface area contributed by atoms with Crippen molar-refractivity contribution in [3.63, 3.8) is 0 Å². The Morgan fingerprint density at radius 3 is 2.68 bits per heavy atom. The molecule has 3 N–H and O–H groups in total. The fourth-order valence-corrected chi connectivity index (χ4v) is 4.28. The highest BCUT2D eigenvalue weighted by atomic mass is 32.2. The maximum Gasteiger partial charge on any atom is 0.419 e. The topological polar surface area (TPSA) is 90.2 Å². The van der Waals surface area contributed by atoms with E-state index in [1.807, 2.05) is 0 Å². The average molecular weight is 370 g/mol. The molecule has 1 aliphatic rings. The van der Waals surface area contributed by atoms with E-state index in [0.717, 1.165) is 26.1 Å². The van der Waals surface area contributed by atoms with E-state index < -0.39 is 15.8 Å². The Hall–Kier alpha value is -1.68. The van der Waals surface area contributed by atoms with Crippen molar-refractivity contribution in [1.82, 2.24) is 9.29 Å². The second-order valence-electron chi connectivity index (χ2n) is 6.76. The summed E-state index contributed by atoms with van der Waals surface area (Å²) in [4.78, 5) is 14.7. The molecule has 0 aliphatic carbocycles. The van der Waals surface area contributed by atoms with Crippen molar-refractivity contribution >= 4 is 21.1 Å². The van der Waals surface area contributed by atoms with Gasteiger partial charge in [0.05, 0.1) is 24.0 Å². The Bertz CT molecular complexity index is 894. The van der Waals surface area contributed by atoms with Crippen LogP contribution in [0.3, 0.4) is 0 Å². The van der Waals surface area contributed by atoms with Crippen molar-refractivity contribution in [2.24, 2.45) is 7.05 Å². The lowest BCUT2D eigenvalue weighted by Crippen LogP contribution is -3.27. The smallest absolute Gasteiger partial charge is 0.408 e. The lowest BCUT2D eigenvalue weighted by Gasteiger charge is -2.27. The number of nitrogens with one attached hydrogen (secondary N) is 3. The van der Waals surface area contributed by atoms with Crippen molar-refractivity contribution in [1.29, 1.82) is 0 Å². The molecule has 0 saturated carbocycles. The van der Waals surface area contributed by atoms with Crippen LogP contribution in [0.25, 0.3) is 11.1 Å². The van der Waals surface area contributed by atoms with Crippen LogP contribution >= 0.6 is 0 Å². The minimum absolute atomic E-state index is 0.116. The maximum atomic E-state index is 12.4. The first-order valence-corrected chi connectivity index (χ1v) is 10.1. The van der Waals surface area contributed by atoms with Crippen molar-refractivity contribution in [3.05, 3.63) is 28.7 Å². The third-order valence-electron chi connectivity index (χ3n) is 4.88. The number of rotatable bonds is 6. The normalized spacial score (nSPS) is 21.7. The average Bonchev–Trinajstić information content (AvgIpc) is 2.87. The number of hydrogen-bond donors (Lipinski definition) is 3. The monoisotopic (exact) mass is 370 g/mol. The fourth-order valence-electron chi connectivity index (χ4n) is 3.19. The summed E-state index contributed by atoms with van der Waals surface area (Å²) < 4.78 is 33.9. The lowest BCUT2D eigenvalue weighted by molar-refractivity contribution is -1.00. The summed E-state index contributed by atoms with van der Waals surface area (Å²) >= 11 is 0. The van der Waals surface area contributed by atoms with Gasteiger partial charge in [-0.25, -0.2) is 17.9 Å². The molecule has 0 atom stereocenters. The molecule has 1 aliphatic heterocycles. The van der Waals surface area contributed by atoms with Gasteiger partial charge in [0.15, 0.2) is 5.58 Å². The first-order chi connectivity index (χ1) is 11.9. The van der Waals surface area contributed by atoms with Gasteiger partial charge in [-0.1, -0.05) is 0 Å². The van der Waals surface area contributed by atoms with Gasteiger partial charge in [0.25, 0.3) is 0 Å². The standard InChI is InChI=1S/C16H24N4O4S/c1-18-8-10-20(11-9-18)7-3-6-17-25(22,23)13-4-5-14-15(12-13)24-16(21)19(14)2/h4-5,12,17H,3,6-11H2,1-2H3/p+2. The molecule has 1 aromatic carbocycles. The number of aromatic nitrogens is 1. The molecule has 25 heavy (non-hydrogen) atoms. The summed E-state index contributed by atoms with van der Waals surface area (Å²) in [5.41, 5.74) is 0.851. The van der Waals surface area contributed by atoms with E-state index in [-0.39, 0.29) is 10.5 Å². The van der Waals surface area contributed by atoms with Crippen LogP contribution in [0.4, 0.5) is 0 Å². The Morgan fingerprint density at radius 1 is 1.24 bits per heavy atom. The van der Waals surface area contributed by atoms with E-state index in [2.05, 4.69) is 11.8 Å². The zero-order chi connectivity index (χ0) is 18.0. The predicted octanol–water partition coefficient (Wildman–Crippen LogP) is -2.79. The first-order valence-electron chi connectivity index (χ1n) is 8.61. The number of quaternary nitrogens is 2. The van der Waals surface area contributed by atoms with Crippen LogP contribution in [0.2, 0.25) is 0 Å². The van der Waals surface area contributed by atoms with Crippen LogP contribution in [-0.2, 0) is 17.1 Å². The fraction of sp³-hybridized carbons (Fsp3) is 0.562. The lowest BCUT2D eigenvalue weighted by atomic mass is 10.3. The number of hydrogen-bond acceptors (Lipinski definition) is 4. The molecular weight excluding hydrogens is 344 g/mol. The second-order valence-corrected chi connectivity index (χ2v) is 8.53. The van der Waals surface area contributed by atoms with Gasteiger partial charge in [0.2, 0.25) is 10.0 Å². The van der Waals surface area contributed by atoms with Gasteiger partial charge in [-0.3, -0.25) is 4.57 Å². The van der Waals surface area contributed by atoms with Gasteiger partial charge in [0, 0.05) is 26.1 Å². The van der Waals surface area contributed by atoms with E-state index in [1.54, 1.807) is 18.0 Å². The van der Waals surface area contributed by atoms with Gasteiger partial charge in [-0.05, 0) is 12.1 Å². The highest BCUT2D eigenvalue weighted by Gasteiger charge is 2.20. The first kappa shape index (κ1) is 18.1. The molecule has 8 nitrogen and oxygen atoms in total. The zero-order valence-corrected chi connectivity index (χ0v) is 15.5. The summed E-state index contributed by atoms with van der Waals surface area (Å²) in [6.07, 6.45) is 0.802. The molecule has 0 unspecified atom stereocenters. The minimum Gasteiger partial charge on any atom is -0.408 e. The van der Waals surface area contributed by atoms with Crippen LogP contribution in [0.1, 0.15) is 6.42 Å². The van der Waals surface area contributed by atoms with E-state index in [9.17, 15) is 13.2 Å². The summed E-state index contributed by atoms with van der Waals surface area (Å²) in [5.74, 6) is -0.505. The molecule has 2 aromatic rings. The predicted molar refractivity (Wildman–Crippen MR) is 93.4 cm³/mol. The molecule has 1 aromatic heterocycles. The number of benzene rings is 1. The number of likely N-dealkylation sites (N-methyl/N-ethyl adjacent to an activating group) is 1. The number of fused-ring (bicyclic) bond motifs is 1. The molecule has 0 spiro atoms. The number of nitrogens with zero attached hydrogens (tertiary/aromatic N) is 1. The van der Waals surface area contributed by atoms with Gasteiger partial charge >= 0.3 is 5.76 Å². The highest BCUT2D eigenvalue weighted by molar-refractivity contribution is 7.89. The Labute approximate surface area is 147 Å². The maximum absolute atomic E-state index is 12.4. The number of oxazole rings is 1. The molecule has 1 fully saturated rings. The van der Waals surface area contributed by atoms with Crippen LogP contribution < -0.4 is 20.3 Å². The number of sulfonamides is 1. The van der Waals surface area contributed by atoms with E-state index in [0.29, 0.717) is 12.1 Å². The summed E-state index contributed by atoms with van der Waals surface area (Å²) in [6.45, 7) is 6.00. The van der Waals surface area contributed by atoms with E-state index >= 15 is 0 Å². The van der Waals surface area contributed by atoms with Gasteiger partial charge in [-0.15, -0.1) is 0 Å². The van der Waals surface area contributed by atoms with Crippen molar-refractivity contribution < 1.29 is 22.6 Å². The molecule has 3 rings (SSSR count). The largest absolute Gasteiger partial charge is 0.419 e. The summed E-state index contributed by atoms with van der Waals surface area (Å²) in [6, 6.07) is 4.48. The molecule has 0 amide bonds. The highest BCUT2D eigenvalue weighted by Crippen LogP contribution is 2.17. The van der Waals surface area contributed by atoms with E-state index in [4.69, 9.17) is 4.42 Å². The van der Waals surface area contributed by atoms with Gasteiger partial charge < -0.3 is 14.2 Å². The van der Waals surface area contributed by atoms with Crippen molar-refractivity contribution in [2.75, 3.05) is 46.3 Å². The summed E-state index contributed by atoms with van der Waals surface area (Å²) in [7, 11) is 0.189. The zero-order valence-electron chi connectivity index (χ0n) is 14.7. The van der Waals surface area contributed by atoms with Gasteiger partial charge in [-0.2, -0.15) is 0 Å². The van der Waals surface area contributed by atoms with Crippen molar-refractivity contribution in [3.8, 4) is 0 Å². The van der Waals surface area contributed by atoms with Crippen LogP contribution in [-0.4, -0.2) is 59.3 Å². The Morgan fingerprint density at radius 2 is 1.96 bits per heavy atom. The Balaban J connectivity index is 1.57. The quantitative estimate of drug-likeness (QED) is 0.480. The third-order valence-corrected chi connectivity index (χ3v) is 6.34. The molecule has 2 heterocycles. The SMILES string of the molecule is Cn1c(=O)oc2cc(S(=O)(=O)NCCC[NH+]3CC[NH+](C)CC3)ccc21. The molecular formula is C16H26N4O4S+2. The van der Waals surface area contributed by atoms with Crippen molar-refractivity contribution in [2.45, 2.75) is 11.3 Å². The van der Waals surface area contributed by atoms with Crippen LogP contribution in [0, 0.1) is 0 Å². The molecule has 1 saturated heterocycles. The molecule has 0 bridgehead atoms. The minimum atomic E-state index is -3.60. The number of piperazine rings is 1. The Kier molecular flexibility index (Phi) is 5.28. The third kappa shape index (κ3) is 4.12.